The summed E-state index contributed by atoms with van der Waals surface area (Å²) in [6.45, 7) is 1.21. The van der Waals surface area contributed by atoms with Crippen LogP contribution < -0.4 is 0 Å². The van der Waals surface area contributed by atoms with Crippen LogP contribution in [-0.4, -0.2) is 29.0 Å². The highest BCUT2D eigenvalue weighted by Crippen LogP contribution is 2.41. The molecule has 0 saturated heterocycles. The molecule has 2 aromatic carbocycles. The Hall–Kier alpha value is -3.46. The lowest BCUT2D eigenvalue weighted by molar-refractivity contribution is -0.137. The molecule has 0 amide bonds. The van der Waals surface area contributed by atoms with Crippen molar-refractivity contribution in [2.75, 3.05) is 0 Å². The van der Waals surface area contributed by atoms with Crippen molar-refractivity contribution >= 4 is 26.7 Å². The minimum atomic E-state index is -4.04. The molecule has 2 aromatic heterocycles. The van der Waals surface area contributed by atoms with Crippen molar-refractivity contribution in [2.45, 2.75) is 23.6 Å². The number of carboxylic acid groups (broad SMARTS) is 1. The Kier molecular flexibility index (Phi) is 4.90. The molecule has 0 saturated carbocycles. The third-order valence-corrected chi connectivity index (χ3v) is 7.00. The Labute approximate surface area is 171 Å². The fourth-order valence-electron chi connectivity index (χ4n) is 3.70. The van der Waals surface area contributed by atoms with Crippen molar-refractivity contribution < 1.29 is 27.1 Å². The first kappa shape index (κ1) is 19.8. The zero-order valence-electron chi connectivity index (χ0n) is 15.8. The van der Waals surface area contributed by atoms with Crippen LogP contribution in [0.2, 0.25) is 0 Å². The molecule has 4 aromatic rings. The summed E-state index contributed by atoms with van der Waals surface area (Å²) < 4.78 is 48.2. The summed E-state index contributed by atoms with van der Waals surface area (Å²) >= 11 is 0. The Morgan fingerprint density at radius 1 is 1.23 bits per heavy atom. The van der Waals surface area contributed by atoms with E-state index in [1.165, 1.54) is 41.1 Å². The number of benzene rings is 2. The fraction of sp³-hybridized carbons (Fsp3) is 0.143. The average molecular weight is 428 g/mol. The van der Waals surface area contributed by atoms with E-state index in [9.17, 15) is 22.7 Å². The maximum absolute atomic E-state index is 14.1. The van der Waals surface area contributed by atoms with Crippen LogP contribution in [0, 0.1) is 12.7 Å². The van der Waals surface area contributed by atoms with Gasteiger partial charge in [-0.25, -0.2) is 17.8 Å². The zero-order valence-corrected chi connectivity index (χ0v) is 16.6. The topological polar surface area (TPSA) is 102 Å². The van der Waals surface area contributed by atoms with E-state index in [0.29, 0.717) is 16.6 Å². The number of aliphatic carboxylic acids is 1. The quantitative estimate of drug-likeness (QED) is 0.502. The van der Waals surface area contributed by atoms with Gasteiger partial charge in [0.2, 0.25) is 0 Å². The summed E-state index contributed by atoms with van der Waals surface area (Å²) in [5.74, 6) is -1.61. The summed E-state index contributed by atoms with van der Waals surface area (Å²) in [4.78, 5) is 15.3. The molecule has 30 heavy (non-hydrogen) atoms. The van der Waals surface area contributed by atoms with Gasteiger partial charge in [-0.15, -0.1) is 0 Å². The van der Waals surface area contributed by atoms with Gasteiger partial charge in [0.25, 0.3) is 0 Å². The summed E-state index contributed by atoms with van der Waals surface area (Å²) in [5.41, 5.74) is 1.06. The molecule has 0 bridgehead atoms. The van der Waals surface area contributed by atoms with Gasteiger partial charge in [-0.05, 0) is 37.3 Å². The van der Waals surface area contributed by atoms with Crippen LogP contribution >= 0.6 is 0 Å². The number of sulfone groups is 1. The molecule has 1 atom stereocenters. The van der Waals surface area contributed by atoms with Crippen molar-refractivity contribution in [1.29, 1.82) is 0 Å². The first-order valence-electron chi connectivity index (χ1n) is 8.98. The van der Waals surface area contributed by atoms with E-state index in [1.807, 2.05) is 0 Å². The number of hydrogen-bond donors (Lipinski definition) is 1. The van der Waals surface area contributed by atoms with Crippen molar-refractivity contribution in [3.8, 4) is 0 Å². The molecule has 0 aliphatic carbocycles. The third kappa shape index (κ3) is 3.26. The van der Waals surface area contributed by atoms with Gasteiger partial charge in [0, 0.05) is 22.2 Å². The van der Waals surface area contributed by atoms with Crippen molar-refractivity contribution in [1.82, 2.24) is 9.55 Å². The lowest BCUT2D eigenvalue weighted by Gasteiger charge is -2.17. The molecule has 154 valence electrons. The number of carbonyl (C=O) groups is 1. The van der Waals surface area contributed by atoms with Gasteiger partial charge in [-0.3, -0.25) is 4.79 Å². The van der Waals surface area contributed by atoms with Crippen molar-refractivity contribution in [3.05, 3.63) is 84.0 Å². The lowest BCUT2D eigenvalue weighted by atomic mass is 10.1. The molecular formula is C21H17FN2O5S. The van der Waals surface area contributed by atoms with Crippen LogP contribution in [0.5, 0.6) is 0 Å². The minimum absolute atomic E-state index is 0.0561. The number of rotatable bonds is 6. The smallest absolute Gasteiger partial charge is 0.323 e. The molecule has 9 heteroatoms. The molecule has 7 nitrogen and oxygen atoms in total. The Balaban J connectivity index is 2.07. The predicted molar refractivity (Wildman–Crippen MR) is 106 cm³/mol. The van der Waals surface area contributed by atoms with E-state index in [2.05, 4.69) is 4.98 Å². The van der Waals surface area contributed by atoms with Gasteiger partial charge >= 0.3 is 5.97 Å². The number of carboxylic acids is 1. The van der Waals surface area contributed by atoms with E-state index in [4.69, 9.17) is 4.42 Å². The van der Waals surface area contributed by atoms with Crippen LogP contribution in [0.15, 0.2) is 70.4 Å². The monoisotopic (exact) mass is 428 g/mol. The Morgan fingerprint density at radius 3 is 2.60 bits per heavy atom. The second kappa shape index (κ2) is 7.42. The highest BCUT2D eigenvalue weighted by atomic mass is 32.2. The minimum Gasteiger partial charge on any atom is -0.480 e. The normalized spacial score (nSPS) is 12.9. The van der Waals surface area contributed by atoms with E-state index < -0.39 is 33.4 Å². The van der Waals surface area contributed by atoms with E-state index >= 15 is 0 Å². The molecule has 1 N–H and O–H groups in total. The molecule has 1 unspecified atom stereocenters. The van der Waals surface area contributed by atoms with Crippen LogP contribution in [-0.2, 0) is 21.2 Å². The van der Waals surface area contributed by atoms with E-state index in [1.54, 1.807) is 25.1 Å². The van der Waals surface area contributed by atoms with Gasteiger partial charge in [-0.2, -0.15) is 0 Å². The van der Waals surface area contributed by atoms with Crippen LogP contribution in [0.1, 0.15) is 22.3 Å². The number of halogens is 1. The molecule has 0 spiro atoms. The third-order valence-electron chi connectivity index (χ3n) is 4.98. The molecule has 0 fully saturated rings. The molecule has 0 aliphatic heterocycles. The first-order valence-corrected chi connectivity index (χ1v) is 10.5. The summed E-state index contributed by atoms with van der Waals surface area (Å²) in [7, 11) is -4.04. The SMILES string of the molecule is Cc1c(C(c2cnco2)S(=O)(=O)c2ccccc2)c2cc(F)ccc2n1CC(=O)O. The maximum atomic E-state index is 14.1. The first-order chi connectivity index (χ1) is 14.3. The summed E-state index contributed by atoms with van der Waals surface area (Å²) in [6.07, 6.45) is 2.42. The molecule has 0 radical (unpaired) electrons. The highest BCUT2D eigenvalue weighted by molar-refractivity contribution is 7.92. The van der Waals surface area contributed by atoms with Crippen LogP contribution in [0.3, 0.4) is 0 Å². The Morgan fingerprint density at radius 2 is 1.97 bits per heavy atom. The summed E-state index contributed by atoms with van der Waals surface area (Å²) in [5, 5.41) is 8.30. The second-order valence-electron chi connectivity index (χ2n) is 6.78. The van der Waals surface area contributed by atoms with Crippen molar-refractivity contribution in [2.24, 2.45) is 0 Å². The van der Waals surface area contributed by atoms with Gasteiger partial charge in [-0.1, -0.05) is 18.2 Å². The Bertz CT molecular complexity index is 1330. The van der Waals surface area contributed by atoms with Gasteiger partial charge in [0.05, 0.1) is 11.1 Å². The van der Waals surface area contributed by atoms with E-state index in [-0.39, 0.29) is 16.2 Å². The number of nitrogens with zero attached hydrogens (tertiary/aromatic N) is 2. The van der Waals surface area contributed by atoms with Crippen LogP contribution in [0.25, 0.3) is 10.9 Å². The standard InChI is InChI=1S/C21H17FN2O5S/c1-13-20(16-9-14(22)7-8-17(16)24(13)11-19(25)26)21(18-10-23-12-29-18)30(27,28)15-5-3-2-4-6-15/h2-10,12,21H,11H2,1H3,(H,25,26). The molecule has 4 rings (SSSR count). The average Bonchev–Trinajstić information content (AvgIpc) is 3.32. The molecule has 0 aliphatic rings. The summed E-state index contributed by atoms with van der Waals surface area (Å²) in [6, 6.07) is 11.7. The zero-order chi connectivity index (χ0) is 21.5. The predicted octanol–water partition coefficient (Wildman–Crippen LogP) is 3.72. The van der Waals surface area contributed by atoms with Gasteiger partial charge < -0.3 is 14.1 Å². The number of fused-ring (bicyclic) bond motifs is 1. The van der Waals surface area contributed by atoms with Crippen LogP contribution in [0.4, 0.5) is 4.39 Å². The van der Waals surface area contributed by atoms with E-state index in [0.717, 1.165) is 6.39 Å². The van der Waals surface area contributed by atoms with Gasteiger partial charge in [0.1, 0.15) is 18.1 Å². The molecular weight excluding hydrogens is 411 g/mol. The van der Waals surface area contributed by atoms with Crippen molar-refractivity contribution in [3.63, 3.8) is 0 Å². The fourth-order valence-corrected chi connectivity index (χ4v) is 5.54. The molecule has 2 heterocycles. The largest absolute Gasteiger partial charge is 0.480 e. The lowest BCUT2D eigenvalue weighted by Crippen LogP contribution is -2.17. The maximum Gasteiger partial charge on any atom is 0.323 e. The number of hydrogen-bond acceptors (Lipinski definition) is 5. The highest BCUT2D eigenvalue weighted by Gasteiger charge is 2.37. The van der Waals surface area contributed by atoms with Gasteiger partial charge in [0.15, 0.2) is 21.5 Å². The second-order valence-corrected chi connectivity index (χ2v) is 8.82. The number of oxazole rings is 1. The number of aromatic nitrogens is 2.